The van der Waals surface area contributed by atoms with Crippen LogP contribution in [0.3, 0.4) is 0 Å². The Bertz CT molecular complexity index is 1330. The number of pyridine rings is 1. The van der Waals surface area contributed by atoms with Crippen LogP contribution in [0.1, 0.15) is 56.3 Å². The van der Waals surface area contributed by atoms with Gasteiger partial charge >= 0.3 is 12.3 Å². The number of hydrogen-bond acceptors (Lipinski definition) is 6. The largest absolute Gasteiger partial charge is 0.443 e. The third-order valence-corrected chi connectivity index (χ3v) is 7.37. The number of benzene rings is 1. The van der Waals surface area contributed by atoms with Crippen LogP contribution in [0.25, 0.3) is 0 Å². The van der Waals surface area contributed by atoms with Gasteiger partial charge in [0.05, 0.1) is 10.9 Å². The normalized spacial score (nSPS) is 19.9. The minimum atomic E-state index is -4.83. The summed E-state index contributed by atoms with van der Waals surface area (Å²) in [6.45, 7) is 4.46. The molecule has 8 nitrogen and oxygen atoms in total. The molecular weight excluding hydrogens is 568 g/mol. The molecule has 2 heterocycles. The second kappa shape index (κ2) is 11.5. The number of alkyl halides is 3. The minimum absolute atomic E-state index is 0.00255. The molecule has 0 bridgehead atoms. The van der Waals surface area contributed by atoms with Gasteiger partial charge in [0.15, 0.2) is 6.04 Å². The Morgan fingerprint density at radius 2 is 1.88 bits per heavy atom. The van der Waals surface area contributed by atoms with E-state index in [9.17, 15) is 31.9 Å². The molecule has 1 aromatic carbocycles. The quantitative estimate of drug-likeness (QED) is 0.445. The highest BCUT2D eigenvalue weighted by molar-refractivity contribution is 6.30. The number of imide groups is 1. The van der Waals surface area contributed by atoms with Crippen LogP contribution in [-0.2, 0) is 27.2 Å². The summed E-state index contributed by atoms with van der Waals surface area (Å²) in [5.41, 5.74) is 0.139. The molecule has 4 rings (SSSR count). The summed E-state index contributed by atoms with van der Waals surface area (Å²) in [5.74, 6) is -2.62. The van der Waals surface area contributed by atoms with E-state index >= 15 is 0 Å². The highest BCUT2D eigenvalue weighted by atomic mass is 35.5. The molecule has 2 aliphatic rings. The molecule has 41 heavy (non-hydrogen) atoms. The Hall–Kier alpha value is -3.41. The first-order valence-electron chi connectivity index (χ1n) is 13.1. The summed E-state index contributed by atoms with van der Waals surface area (Å²) in [6.07, 6.45) is -4.07. The third-order valence-electron chi connectivity index (χ3n) is 7.08. The molecule has 1 N–H and O–H groups in total. The van der Waals surface area contributed by atoms with Crippen LogP contribution in [0.5, 0.6) is 0 Å². The summed E-state index contributed by atoms with van der Waals surface area (Å²) >= 11 is 5.87. The lowest BCUT2D eigenvalue weighted by Gasteiger charge is -2.36. The molecule has 0 radical (unpaired) electrons. The number of aromatic nitrogens is 1. The van der Waals surface area contributed by atoms with Gasteiger partial charge in [0, 0.05) is 37.8 Å². The fourth-order valence-corrected chi connectivity index (χ4v) is 5.36. The van der Waals surface area contributed by atoms with Crippen molar-refractivity contribution in [1.29, 1.82) is 0 Å². The van der Waals surface area contributed by atoms with E-state index in [2.05, 4.69) is 10.3 Å². The number of carbonyl (C=O) groups is 3. The van der Waals surface area contributed by atoms with E-state index in [1.165, 1.54) is 18.2 Å². The average molecular weight is 599 g/mol. The number of carbonyl (C=O) groups excluding carboxylic acids is 3. The standard InChI is InChI=1S/C28H31ClF4N4O4/c1-27(2,3)41-26(40)37-14-17(7-10-22(37)38)25(39)36(4)24(28(31,32)33)16-6-9-21(34-13-16)35-18-11-15-5-8-20(29)23(30)19(15)12-18/h5-6,8-9,13,17-18,24H,7,10-12,14H2,1-4H3,(H,34,35)/t17-,18?,24-/m0/s1. The molecule has 1 saturated heterocycles. The van der Waals surface area contributed by atoms with Crippen LogP contribution >= 0.6 is 11.6 Å². The molecule has 3 atom stereocenters. The zero-order valence-electron chi connectivity index (χ0n) is 23.0. The van der Waals surface area contributed by atoms with Gasteiger partial charge in [-0.05, 0) is 63.3 Å². The average Bonchev–Trinajstić information content (AvgIpc) is 3.28. The second-order valence-electron chi connectivity index (χ2n) is 11.3. The lowest BCUT2D eigenvalue weighted by molar-refractivity contribution is -0.191. The Morgan fingerprint density at radius 1 is 1.17 bits per heavy atom. The van der Waals surface area contributed by atoms with Crippen LogP contribution in [0.15, 0.2) is 30.5 Å². The maximum Gasteiger partial charge on any atom is 0.417 e. The number of halogens is 5. The van der Waals surface area contributed by atoms with Crippen molar-refractivity contribution in [3.63, 3.8) is 0 Å². The zero-order valence-corrected chi connectivity index (χ0v) is 23.8. The highest BCUT2D eigenvalue weighted by Gasteiger charge is 2.47. The number of fused-ring (bicyclic) bond motifs is 1. The number of nitrogens with zero attached hydrogens (tertiary/aromatic N) is 3. The van der Waals surface area contributed by atoms with Gasteiger partial charge in [0.1, 0.15) is 17.2 Å². The zero-order chi connectivity index (χ0) is 30.3. The first kappa shape index (κ1) is 30.5. The van der Waals surface area contributed by atoms with Crippen LogP contribution < -0.4 is 5.32 Å². The molecule has 1 fully saturated rings. The summed E-state index contributed by atoms with van der Waals surface area (Å²) in [7, 11) is 1.04. The smallest absolute Gasteiger partial charge is 0.417 e. The van der Waals surface area contributed by atoms with E-state index < -0.39 is 47.5 Å². The van der Waals surface area contributed by atoms with Crippen molar-refractivity contribution in [2.75, 3.05) is 18.9 Å². The summed E-state index contributed by atoms with van der Waals surface area (Å²) < 4.78 is 62.3. The van der Waals surface area contributed by atoms with E-state index in [1.54, 1.807) is 26.8 Å². The molecule has 3 amide bonds. The number of rotatable bonds is 5. The van der Waals surface area contributed by atoms with E-state index in [-0.39, 0.29) is 36.0 Å². The molecule has 0 spiro atoms. The van der Waals surface area contributed by atoms with Crippen molar-refractivity contribution in [1.82, 2.24) is 14.8 Å². The first-order valence-corrected chi connectivity index (χ1v) is 13.5. The van der Waals surface area contributed by atoms with Gasteiger partial charge in [-0.3, -0.25) is 9.59 Å². The van der Waals surface area contributed by atoms with Gasteiger partial charge in [-0.15, -0.1) is 0 Å². The number of likely N-dealkylation sites (tertiary alicyclic amines) is 1. The SMILES string of the molecule is CN(C(=O)[C@H]1CCC(=O)N(C(=O)OC(C)(C)C)C1)[C@@H](c1ccc(NC2Cc3ccc(Cl)c(F)c3C2)nc1)C(F)(F)F. The van der Waals surface area contributed by atoms with Gasteiger partial charge in [-0.1, -0.05) is 23.7 Å². The van der Waals surface area contributed by atoms with Crippen LogP contribution in [0.4, 0.5) is 28.2 Å². The summed E-state index contributed by atoms with van der Waals surface area (Å²) in [5, 5.41) is 3.14. The number of piperidine rings is 1. The van der Waals surface area contributed by atoms with Crippen molar-refractivity contribution in [3.05, 3.63) is 58.0 Å². The number of amides is 3. The van der Waals surface area contributed by atoms with Crippen molar-refractivity contribution in [2.45, 2.75) is 70.3 Å². The lowest BCUT2D eigenvalue weighted by Crippen LogP contribution is -2.51. The van der Waals surface area contributed by atoms with Gasteiger partial charge in [0.25, 0.3) is 0 Å². The molecule has 1 aromatic heterocycles. The first-order chi connectivity index (χ1) is 19.0. The minimum Gasteiger partial charge on any atom is -0.443 e. The van der Waals surface area contributed by atoms with Crippen LogP contribution in [-0.4, -0.2) is 64.1 Å². The van der Waals surface area contributed by atoms with E-state index in [4.69, 9.17) is 16.3 Å². The third kappa shape index (κ3) is 6.91. The van der Waals surface area contributed by atoms with E-state index in [0.29, 0.717) is 29.1 Å². The predicted molar refractivity (Wildman–Crippen MR) is 143 cm³/mol. The molecule has 13 heteroatoms. The Labute approximate surface area is 240 Å². The maximum atomic E-state index is 14.3. The predicted octanol–water partition coefficient (Wildman–Crippen LogP) is 5.69. The molecular formula is C28H31ClF4N4O4. The lowest BCUT2D eigenvalue weighted by atomic mass is 9.95. The summed E-state index contributed by atoms with van der Waals surface area (Å²) in [4.78, 5) is 43.5. The topological polar surface area (TPSA) is 91.8 Å². The van der Waals surface area contributed by atoms with Gasteiger partial charge in [-0.2, -0.15) is 13.2 Å². The van der Waals surface area contributed by atoms with Gasteiger partial charge in [0.2, 0.25) is 11.8 Å². The molecule has 222 valence electrons. The Balaban J connectivity index is 1.46. The van der Waals surface area contributed by atoms with Gasteiger partial charge < -0.3 is 15.0 Å². The van der Waals surface area contributed by atoms with Crippen molar-refractivity contribution >= 4 is 35.3 Å². The Kier molecular flexibility index (Phi) is 8.54. The Morgan fingerprint density at radius 3 is 2.49 bits per heavy atom. The van der Waals surface area contributed by atoms with Crippen molar-refractivity contribution < 1.29 is 36.7 Å². The van der Waals surface area contributed by atoms with E-state index in [0.717, 1.165) is 23.7 Å². The maximum absolute atomic E-state index is 14.3. The number of anilines is 1. The van der Waals surface area contributed by atoms with E-state index in [1.807, 2.05) is 0 Å². The fourth-order valence-electron chi connectivity index (χ4n) is 5.18. The summed E-state index contributed by atoms with van der Waals surface area (Å²) in [6, 6.07) is 3.31. The van der Waals surface area contributed by atoms with Gasteiger partial charge in [-0.25, -0.2) is 19.1 Å². The monoisotopic (exact) mass is 598 g/mol. The molecule has 1 aliphatic heterocycles. The second-order valence-corrected chi connectivity index (χ2v) is 11.7. The molecule has 1 unspecified atom stereocenters. The molecule has 0 saturated carbocycles. The highest BCUT2D eigenvalue weighted by Crippen LogP contribution is 2.39. The number of nitrogens with one attached hydrogen (secondary N) is 1. The number of ether oxygens (including phenoxy) is 1. The van der Waals surface area contributed by atoms with Crippen molar-refractivity contribution in [3.8, 4) is 0 Å². The van der Waals surface area contributed by atoms with Crippen molar-refractivity contribution in [2.24, 2.45) is 5.92 Å². The van der Waals surface area contributed by atoms with Crippen LogP contribution in [0.2, 0.25) is 5.02 Å². The fraction of sp³-hybridized carbons (Fsp3) is 0.500. The molecule has 1 aliphatic carbocycles. The van der Waals surface area contributed by atoms with Crippen LogP contribution in [0, 0.1) is 11.7 Å². The molecule has 2 aromatic rings. The number of hydrogen-bond donors (Lipinski definition) is 1.